The number of fused-ring (bicyclic) bond motifs is 4. The molecule has 0 fully saturated rings. The van der Waals surface area contributed by atoms with Gasteiger partial charge in [0.2, 0.25) is 0 Å². The van der Waals surface area contributed by atoms with Crippen LogP contribution in [0.1, 0.15) is 28.4 Å². The molecular weight excluding hydrogens is 487 g/mol. The van der Waals surface area contributed by atoms with Gasteiger partial charge in [0.1, 0.15) is 5.82 Å². The van der Waals surface area contributed by atoms with Gasteiger partial charge in [-0.15, -0.1) is 0 Å². The molecule has 0 spiro atoms. The number of halogens is 1. The van der Waals surface area contributed by atoms with Crippen molar-refractivity contribution in [3.63, 3.8) is 0 Å². The summed E-state index contributed by atoms with van der Waals surface area (Å²) in [6.45, 7) is 4.07. The molecule has 6 nitrogen and oxygen atoms in total. The Morgan fingerprint density at radius 2 is 1.56 bits per heavy atom. The number of nitrogens with zero attached hydrogens (tertiary/aromatic N) is 5. The number of amidine groups is 2. The van der Waals surface area contributed by atoms with Gasteiger partial charge in [0, 0.05) is 11.3 Å². The molecule has 3 heterocycles. The first-order valence-electron chi connectivity index (χ1n) is 12.9. The second kappa shape index (κ2) is 9.06. The van der Waals surface area contributed by atoms with E-state index in [4.69, 9.17) is 15.1 Å². The lowest BCUT2D eigenvalue weighted by molar-refractivity contribution is 0.626. The average molecular weight is 513 g/mol. The number of para-hydroxylation sites is 3. The van der Waals surface area contributed by atoms with Crippen molar-refractivity contribution in [2.75, 3.05) is 10.2 Å². The summed E-state index contributed by atoms with van der Waals surface area (Å²) in [5, 5.41) is 8.47. The van der Waals surface area contributed by atoms with Crippen LogP contribution in [-0.2, 0) is 0 Å². The number of benzene rings is 4. The van der Waals surface area contributed by atoms with Crippen LogP contribution in [-0.4, -0.2) is 21.5 Å². The summed E-state index contributed by atoms with van der Waals surface area (Å²) in [5.41, 5.74) is 7.51. The first kappa shape index (κ1) is 23.1. The maximum absolute atomic E-state index is 14.1. The molecule has 7 heteroatoms. The molecule has 2 aliphatic heterocycles. The van der Waals surface area contributed by atoms with Crippen molar-refractivity contribution in [2.24, 2.45) is 9.98 Å². The predicted octanol–water partition coefficient (Wildman–Crippen LogP) is 7.42. The van der Waals surface area contributed by atoms with E-state index in [0.29, 0.717) is 11.7 Å². The zero-order valence-electron chi connectivity index (χ0n) is 21.5. The Labute approximate surface area is 225 Å². The smallest absolute Gasteiger partial charge is 0.179 e. The van der Waals surface area contributed by atoms with Crippen molar-refractivity contribution in [1.82, 2.24) is 9.78 Å². The van der Waals surface area contributed by atoms with E-state index in [0.717, 1.165) is 51.0 Å². The summed E-state index contributed by atoms with van der Waals surface area (Å²) in [7, 11) is 0. The van der Waals surface area contributed by atoms with Crippen LogP contribution in [0.25, 0.3) is 5.69 Å². The van der Waals surface area contributed by atoms with Crippen LogP contribution in [0.2, 0.25) is 0 Å². The molecule has 190 valence electrons. The minimum Gasteiger partial charge on any atom is -0.337 e. The summed E-state index contributed by atoms with van der Waals surface area (Å²) >= 11 is 0. The Hall–Kier alpha value is -5.04. The van der Waals surface area contributed by atoms with Crippen molar-refractivity contribution < 1.29 is 4.39 Å². The van der Waals surface area contributed by atoms with Gasteiger partial charge in [-0.25, -0.2) is 19.1 Å². The zero-order chi connectivity index (χ0) is 26.5. The lowest BCUT2D eigenvalue weighted by Gasteiger charge is -2.40. The van der Waals surface area contributed by atoms with Crippen LogP contribution in [0.3, 0.4) is 0 Å². The van der Waals surface area contributed by atoms with Crippen molar-refractivity contribution >= 4 is 34.6 Å². The molecule has 0 saturated carbocycles. The summed E-state index contributed by atoms with van der Waals surface area (Å²) in [6.07, 6.45) is 0. The molecule has 0 aliphatic carbocycles. The maximum atomic E-state index is 14.1. The highest BCUT2D eigenvalue weighted by atomic mass is 19.1. The van der Waals surface area contributed by atoms with Crippen LogP contribution < -0.4 is 10.2 Å². The van der Waals surface area contributed by atoms with E-state index in [2.05, 4.69) is 35.3 Å². The molecule has 7 rings (SSSR count). The molecule has 1 atom stereocenters. The maximum Gasteiger partial charge on any atom is 0.179 e. The Kier molecular flexibility index (Phi) is 5.37. The third-order valence-corrected chi connectivity index (χ3v) is 7.11. The number of aryl methyl sites for hydroxylation is 2. The molecule has 0 bridgehead atoms. The highest BCUT2D eigenvalue weighted by Crippen LogP contribution is 2.48. The largest absolute Gasteiger partial charge is 0.337 e. The summed E-state index contributed by atoms with van der Waals surface area (Å²) < 4.78 is 16.0. The molecule has 1 aromatic heterocycles. The standard InChI is InChI=1S/C32H25FN6/c1-20-9-8-10-24(19-20)34-30-32-36-31-28(21(2)37-39(31)25-11-4-3-5-12-25)29(22-15-17-23(33)18-16-22)38(32)27-14-7-6-13-26(27)35-30/h3-19,29H,1-2H3,(H,34,35). The Bertz CT molecular complexity index is 1770. The monoisotopic (exact) mass is 512 g/mol. The molecule has 0 saturated heterocycles. The molecule has 5 aromatic rings. The molecule has 0 radical (unpaired) electrons. The quantitative estimate of drug-likeness (QED) is 0.274. The number of hydrogen-bond donors (Lipinski definition) is 1. The fraction of sp³-hybridized carbons (Fsp3) is 0.0938. The zero-order valence-corrected chi connectivity index (χ0v) is 21.5. The number of nitrogens with one attached hydrogen (secondary N) is 1. The van der Waals surface area contributed by atoms with Gasteiger partial charge in [-0.1, -0.05) is 54.6 Å². The number of aromatic nitrogens is 2. The van der Waals surface area contributed by atoms with Crippen molar-refractivity contribution in [3.05, 3.63) is 131 Å². The topological polar surface area (TPSA) is 57.8 Å². The van der Waals surface area contributed by atoms with Gasteiger partial charge in [-0.05, 0) is 73.5 Å². The summed E-state index contributed by atoms with van der Waals surface area (Å²) in [4.78, 5) is 12.4. The fourth-order valence-electron chi connectivity index (χ4n) is 5.37. The SMILES string of the molecule is Cc1cccc(NC2=Nc3ccccc3N3C2=Nc2c(c(C)nn2-c2ccccc2)C3c2ccc(F)cc2)c1. The molecule has 0 amide bonds. The molecule has 2 aliphatic rings. The second-order valence-electron chi connectivity index (χ2n) is 9.77. The summed E-state index contributed by atoms with van der Waals surface area (Å²) in [6, 6.07) is 32.6. The van der Waals surface area contributed by atoms with Gasteiger partial charge in [0.25, 0.3) is 0 Å². The van der Waals surface area contributed by atoms with Gasteiger partial charge in [-0.3, -0.25) is 0 Å². The lowest BCUT2D eigenvalue weighted by Crippen LogP contribution is -2.46. The Morgan fingerprint density at radius 1 is 0.795 bits per heavy atom. The summed E-state index contributed by atoms with van der Waals surface area (Å²) in [5.74, 6) is 1.77. The van der Waals surface area contributed by atoms with Crippen LogP contribution in [0.4, 0.5) is 27.3 Å². The van der Waals surface area contributed by atoms with Gasteiger partial charge >= 0.3 is 0 Å². The van der Waals surface area contributed by atoms with Gasteiger partial charge in [-0.2, -0.15) is 5.10 Å². The lowest BCUT2D eigenvalue weighted by atomic mass is 9.93. The Morgan fingerprint density at radius 3 is 2.36 bits per heavy atom. The van der Waals surface area contributed by atoms with E-state index in [1.165, 1.54) is 12.1 Å². The van der Waals surface area contributed by atoms with Crippen LogP contribution in [0.15, 0.2) is 113 Å². The number of anilines is 2. The van der Waals surface area contributed by atoms with E-state index in [1.807, 2.05) is 84.4 Å². The van der Waals surface area contributed by atoms with E-state index in [1.54, 1.807) is 0 Å². The fourth-order valence-corrected chi connectivity index (χ4v) is 5.37. The van der Waals surface area contributed by atoms with E-state index < -0.39 is 0 Å². The van der Waals surface area contributed by atoms with Crippen molar-refractivity contribution in [1.29, 1.82) is 0 Å². The average Bonchev–Trinajstić information content (AvgIpc) is 3.29. The first-order valence-corrected chi connectivity index (χ1v) is 12.9. The first-order chi connectivity index (χ1) is 19.1. The molecular formula is C32H25FN6. The van der Waals surface area contributed by atoms with E-state index in [-0.39, 0.29) is 11.9 Å². The highest BCUT2D eigenvalue weighted by molar-refractivity contribution is 6.51. The van der Waals surface area contributed by atoms with Crippen LogP contribution in [0.5, 0.6) is 0 Å². The molecule has 1 unspecified atom stereocenters. The van der Waals surface area contributed by atoms with Crippen LogP contribution in [0, 0.1) is 19.7 Å². The molecule has 39 heavy (non-hydrogen) atoms. The van der Waals surface area contributed by atoms with Crippen molar-refractivity contribution in [2.45, 2.75) is 19.9 Å². The predicted molar refractivity (Wildman–Crippen MR) is 154 cm³/mol. The number of rotatable bonds is 3. The van der Waals surface area contributed by atoms with Gasteiger partial charge in [0.15, 0.2) is 17.5 Å². The van der Waals surface area contributed by atoms with E-state index >= 15 is 0 Å². The minimum absolute atomic E-state index is 0.275. The van der Waals surface area contributed by atoms with Crippen LogP contribution >= 0.6 is 0 Å². The number of hydrogen-bond acceptors (Lipinski definition) is 5. The van der Waals surface area contributed by atoms with Gasteiger partial charge in [0.05, 0.1) is 28.8 Å². The van der Waals surface area contributed by atoms with E-state index in [9.17, 15) is 4.39 Å². The minimum atomic E-state index is -0.295. The third kappa shape index (κ3) is 3.90. The normalized spacial score (nSPS) is 15.6. The second-order valence-corrected chi connectivity index (χ2v) is 9.77. The Balaban J connectivity index is 1.50. The number of aliphatic imine (C=N–C) groups is 2. The van der Waals surface area contributed by atoms with Gasteiger partial charge < -0.3 is 10.2 Å². The molecule has 1 N–H and O–H groups in total. The molecule has 4 aromatic carbocycles. The van der Waals surface area contributed by atoms with Crippen molar-refractivity contribution in [3.8, 4) is 5.69 Å². The highest BCUT2D eigenvalue weighted by Gasteiger charge is 2.41. The third-order valence-electron chi connectivity index (χ3n) is 7.11.